The number of unbranched alkanes of at least 4 members (excludes halogenated alkanes) is 1. The van der Waals surface area contributed by atoms with Gasteiger partial charge in [-0.25, -0.2) is 0 Å². The lowest BCUT2D eigenvalue weighted by molar-refractivity contribution is -0.118. The minimum Gasteiger partial charge on any atom is -0.356 e. The van der Waals surface area contributed by atoms with Gasteiger partial charge in [-0.15, -0.1) is 0 Å². The molecule has 0 saturated heterocycles. The molecular weight excluding hydrogens is 229 g/mol. The number of hydrogen-bond acceptors (Lipinski definition) is 4. The maximum atomic E-state index is 12.0. The highest BCUT2D eigenvalue weighted by Crippen LogP contribution is 2.48. The number of carbonyl (C=O) groups is 1. The van der Waals surface area contributed by atoms with Gasteiger partial charge in [0.2, 0.25) is 5.91 Å². The average Bonchev–Trinajstić information content (AvgIpc) is 2.17. The number of carbonyl (C=O) groups excluding carboxylic acids is 1. The molecule has 1 amide bonds. The first-order valence-electron chi connectivity index (χ1n) is 5.66. The zero-order valence-corrected chi connectivity index (χ0v) is 11.2. The molecule has 1 N–H and O–H groups in total. The van der Waals surface area contributed by atoms with Gasteiger partial charge in [0.05, 0.1) is 19.4 Å². The van der Waals surface area contributed by atoms with E-state index < -0.39 is 7.60 Å². The molecule has 0 aromatic heterocycles. The van der Waals surface area contributed by atoms with E-state index in [0.717, 1.165) is 12.8 Å². The van der Waals surface area contributed by atoms with Crippen LogP contribution in [0.4, 0.5) is 0 Å². The van der Waals surface area contributed by atoms with Crippen LogP contribution in [0, 0.1) is 0 Å². The first-order valence-corrected chi connectivity index (χ1v) is 7.39. The molecular formula is C10H22NO4P. The van der Waals surface area contributed by atoms with E-state index in [9.17, 15) is 9.36 Å². The second-order valence-corrected chi connectivity index (χ2v) is 5.55. The van der Waals surface area contributed by atoms with Gasteiger partial charge >= 0.3 is 7.60 Å². The Bertz CT molecular complexity index is 235. The highest BCUT2D eigenvalue weighted by atomic mass is 31.2. The zero-order valence-electron chi connectivity index (χ0n) is 10.3. The Balaban J connectivity index is 3.76. The lowest BCUT2D eigenvalue weighted by Gasteiger charge is -2.16. The molecule has 0 rings (SSSR count). The van der Waals surface area contributed by atoms with Crippen LogP contribution in [-0.2, 0) is 18.4 Å². The Kier molecular flexibility index (Phi) is 8.53. The van der Waals surface area contributed by atoms with Crippen LogP contribution in [0.2, 0.25) is 0 Å². The summed E-state index contributed by atoms with van der Waals surface area (Å²) in [6.45, 7) is 6.46. The van der Waals surface area contributed by atoms with Crippen LogP contribution in [-0.4, -0.2) is 31.8 Å². The third-order valence-electron chi connectivity index (χ3n) is 1.88. The Morgan fingerprint density at radius 1 is 1.19 bits per heavy atom. The number of amides is 1. The predicted octanol–water partition coefficient (Wildman–Crippen LogP) is 2.17. The SMILES string of the molecule is CCOP(=O)(CCCCNC(C)=O)OCC. The largest absolute Gasteiger partial charge is 0.356 e. The summed E-state index contributed by atoms with van der Waals surface area (Å²) in [7, 11) is -2.90. The van der Waals surface area contributed by atoms with Gasteiger partial charge in [0, 0.05) is 13.5 Å². The van der Waals surface area contributed by atoms with Crippen molar-refractivity contribution in [3.05, 3.63) is 0 Å². The maximum absolute atomic E-state index is 12.0. The molecule has 0 aromatic carbocycles. The fourth-order valence-corrected chi connectivity index (χ4v) is 2.99. The van der Waals surface area contributed by atoms with Crippen molar-refractivity contribution in [2.24, 2.45) is 0 Å². The Morgan fingerprint density at radius 3 is 2.19 bits per heavy atom. The summed E-state index contributed by atoms with van der Waals surface area (Å²) in [6, 6.07) is 0. The van der Waals surface area contributed by atoms with Gasteiger partial charge in [0.1, 0.15) is 0 Å². The number of rotatable bonds is 9. The van der Waals surface area contributed by atoms with E-state index in [2.05, 4.69) is 5.32 Å². The van der Waals surface area contributed by atoms with Gasteiger partial charge in [-0.3, -0.25) is 9.36 Å². The van der Waals surface area contributed by atoms with E-state index in [4.69, 9.17) is 9.05 Å². The summed E-state index contributed by atoms with van der Waals surface area (Å²) in [5.74, 6) is -0.0437. The van der Waals surface area contributed by atoms with Crippen LogP contribution < -0.4 is 5.32 Å². The van der Waals surface area contributed by atoms with Crippen LogP contribution >= 0.6 is 7.60 Å². The Morgan fingerprint density at radius 2 is 1.75 bits per heavy atom. The topological polar surface area (TPSA) is 64.6 Å². The molecule has 96 valence electrons. The molecule has 0 aliphatic heterocycles. The van der Waals surface area contributed by atoms with Gasteiger partial charge in [-0.1, -0.05) is 0 Å². The molecule has 0 saturated carbocycles. The van der Waals surface area contributed by atoms with Crippen molar-refractivity contribution < 1.29 is 18.4 Å². The molecule has 0 aliphatic rings. The van der Waals surface area contributed by atoms with Gasteiger partial charge in [0.25, 0.3) is 0 Å². The molecule has 0 radical (unpaired) electrons. The zero-order chi connectivity index (χ0) is 12.4. The van der Waals surface area contributed by atoms with E-state index >= 15 is 0 Å². The van der Waals surface area contributed by atoms with Crippen LogP contribution in [0.5, 0.6) is 0 Å². The molecule has 0 unspecified atom stereocenters. The number of nitrogens with one attached hydrogen (secondary N) is 1. The van der Waals surface area contributed by atoms with Crippen LogP contribution in [0.3, 0.4) is 0 Å². The highest BCUT2D eigenvalue weighted by Gasteiger charge is 2.22. The lowest BCUT2D eigenvalue weighted by Crippen LogP contribution is -2.21. The smallest absolute Gasteiger partial charge is 0.330 e. The molecule has 0 spiro atoms. The molecule has 0 atom stereocenters. The third kappa shape index (κ3) is 7.85. The second-order valence-electron chi connectivity index (χ2n) is 3.36. The van der Waals surface area contributed by atoms with Gasteiger partial charge in [-0.05, 0) is 26.7 Å². The van der Waals surface area contributed by atoms with Crippen molar-refractivity contribution >= 4 is 13.5 Å². The third-order valence-corrected chi connectivity index (χ3v) is 4.05. The van der Waals surface area contributed by atoms with Gasteiger partial charge in [-0.2, -0.15) is 0 Å². The summed E-state index contributed by atoms with van der Waals surface area (Å²) in [5.41, 5.74) is 0. The Labute approximate surface area is 97.4 Å². The lowest BCUT2D eigenvalue weighted by atomic mass is 10.3. The van der Waals surface area contributed by atoms with E-state index in [-0.39, 0.29) is 5.91 Å². The van der Waals surface area contributed by atoms with Crippen molar-refractivity contribution in [1.29, 1.82) is 0 Å². The molecule has 0 aromatic rings. The first kappa shape index (κ1) is 15.6. The van der Waals surface area contributed by atoms with Crippen molar-refractivity contribution in [1.82, 2.24) is 5.32 Å². The minimum atomic E-state index is -2.90. The second kappa shape index (κ2) is 8.74. The summed E-state index contributed by atoms with van der Waals surface area (Å²) in [4.78, 5) is 10.6. The highest BCUT2D eigenvalue weighted by molar-refractivity contribution is 7.53. The number of hydrogen-bond donors (Lipinski definition) is 1. The van der Waals surface area contributed by atoms with Crippen molar-refractivity contribution in [3.8, 4) is 0 Å². The average molecular weight is 251 g/mol. The van der Waals surface area contributed by atoms with Crippen molar-refractivity contribution in [2.45, 2.75) is 33.6 Å². The van der Waals surface area contributed by atoms with E-state index in [0.29, 0.717) is 25.9 Å². The monoisotopic (exact) mass is 251 g/mol. The minimum absolute atomic E-state index is 0.0437. The van der Waals surface area contributed by atoms with Crippen LogP contribution in [0.15, 0.2) is 0 Å². The van der Waals surface area contributed by atoms with Crippen LogP contribution in [0.25, 0.3) is 0 Å². The fourth-order valence-electron chi connectivity index (χ4n) is 1.25. The summed E-state index contributed by atoms with van der Waals surface area (Å²) in [5, 5.41) is 2.69. The summed E-state index contributed by atoms with van der Waals surface area (Å²) in [6.07, 6.45) is 1.91. The molecule has 5 nitrogen and oxygen atoms in total. The summed E-state index contributed by atoms with van der Waals surface area (Å²) < 4.78 is 22.3. The van der Waals surface area contributed by atoms with Gasteiger partial charge in [0.15, 0.2) is 0 Å². The molecule has 0 fully saturated rings. The first-order chi connectivity index (χ1) is 7.54. The van der Waals surface area contributed by atoms with Crippen LogP contribution in [0.1, 0.15) is 33.6 Å². The molecule has 0 aliphatic carbocycles. The van der Waals surface area contributed by atoms with E-state index in [1.807, 2.05) is 0 Å². The standard InChI is InChI=1S/C10H22NO4P/c1-4-14-16(13,15-5-2)9-7-6-8-11-10(3)12/h4-9H2,1-3H3,(H,11,12). The molecule has 0 bridgehead atoms. The quantitative estimate of drug-likeness (QED) is 0.504. The van der Waals surface area contributed by atoms with Crippen molar-refractivity contribution in [2.75, 3.05) is 25.9 Å². The fraction of sp³-hybridized carbons (Fsp3) is 0.900. The van der Waals surface area contributed by atoms with Crippen molar-refractivity contribution in [3.63, 3.8) is 0 Å². The van der Waals surface area contributed by atoms with E-state index in [1.165, 1.54) is 6.92 Å². The normalized spacial score (nSPS) is 11.4. The molecule has 16 heavy (non-hydrogen) atoms. The predicted molar refractivity (Wildman–Crippen MR) is 63.6 cm³/mol. The van der Waals surface area contributed by atoms with Gasteiger partial charge < -0.3 is 14.4 Å². The maximum Gasteiger partial charge on any atom is 0.330 e. The Hall–Kier alpha value is -0.380. The molecule has 0 heterocycles. The molecule has 6 heteroatoms. The summed E-state index contributed by atoms with van der Waals surface area (Å²) >= 11 is 0. The van der Waals surface area contributed by atoms with E-state index in [1.54, 1.807) is 13.8 Å².